The number of rotatable bonds is 8. The Morgan fingerprint density at radius 3 is 2.41 bits per heavy atom. The van der Waals surface area contributed by atoms with Crippen molar-refractivity contribution in [3.05, 3.63) is 102 Å². The van der Waals surface area contributed by atoms with E-state index in [1.807, 2.05) is 72.8 Å². The second-order valence-corrected chi connectivity index (χ2v) is 9.83. The van der Waals surface area contributed by atoms with Crippen molar-refractivity contribution in [2.75, 3.05) is 11.9 Å². The van der Waals surface area contributed by atoms with Crippen molar-refractivity contribution in [1.29, 1.82) is 0 Å². The van der Waals surface area contributed by atoms with Crippen molar-refractivity contribution in [2.24, 2.45) is 0 Å². The molecule has 0 radical (unpaired) electrons. The number of ether oxygens (including phenoxy) is 1. The molecule has 1 atom stereocenters. The Hall–Kier alpha value is -3.39. The van der Waals surface area contributed by atoms with Crippen LogP contribution in [0.5, 0.6) is 5.75 Å². The Kier molecular flexibility index (Phi) is 7.17. The molecule has 0 aliphatic heterocycles. The van der Waals surface area contributed by atoms with Gasteiger partial charge in [-0.2, -0.15) is 0 Å². The molecule has 2 N–H and O–H groups in total. The Labute approximate surface area is 203 Å². The average molecular weight is 495 g/mol. The molecule has 0 unspecified atom stereocenters. The molecule has 8 heteroatoms. The van der Waals surface area contributed by atoms with Crippen LogP contribution >= 0.6 is 11.6 Å². The van der Waals surface area contributed by atoms with Gasteiger partial charge in [0.1, 0.15) is 5.75 Å². The van der Waals surface area contributed by atoms with Gasteiger partial charge in [-0.05, 0) is 42.1 Å². The Balaban J connectivity index is 1.40. The maximum Gasteiger partial charge on any atom is 0.262 e. The summed E-state index contributed by atoms with van der Waals surface area (Å²) in [6.45, 7) is 1.48. The average Bonchev–Trinajstić information content (AvgIpc) is 2.84. The van der Waals surface area contributed by atoms with Gasteiger partial charge in [-0.3, -0.25) is 4.79 Å². The molecule has 6 nitrogen and oxygen atoms in total. The van der Waals surface area contributed by atoms with Gasteiger partial charge in [-0.15, -0.1) is 0 Å². The number of amides is 1. The summed E-state index contributed by atoms with van der Waals surface area (Å²) in [7, 11) is -3.81. The monoisotopic (exact) mass is 494 g/mol. The lowest BCUT2D eigenvalue weighted by atomic mass is 10.1. The molecular formula is C26H23ClN2O4S. The predicted octanol–water partition coefficient (Wildman–Crippen LogP) is 5.55. The summed E-state index contributed by atoms with van der Waals surface area (Å²) in [5, 5.41) is 4.86. The van der Waals surface area contributed by atoms with Crippen molar-refractivity contribution in [1.82, 2.24) is 4.72 Å². The van der Waals surface area contributed by atoms with Gasteiger partial charge in [0.25, 0.3) is 5.91 Å². The second kappa shape index (κ2) is 10.3. The second-order valence-electron chi connectivity index (χ2n) is 7.71. The fourth-order valence-electron chi connectivity index (χ4n) is 3.54. The predicted molar refractivity (Wildman–Crippen MR) is 135 cm³/mol. The third-order valence-corrected chi connectivity index (χ3v) is 7.10. The van der Waals surface area contributed by atoms with E-state index in [4.69, 9.17) is 16.3 Å². The lowest BCUT2D eigenvalue weighted by Gasteiger charge is -2.15. The fraction of sp³-hybridized carbons (Fsp3) is 0.115. The minimum Gasteiger partial charge on any atom is -0.482 e. The number of hydrogen-bond donors (Lipinski definition) is 2. The number of carbonyl (C=O) groups is 1. The van der Waals surface area contributed by atoms with E-state index >= 15 is 0 Å². The molecule has 0 bridgehead atoms. The van der Waals surface area contributed by atoms with E-state index < -0.39 is 16.1 Å². The largest absolute Gasteiger partial charge is 0.482 e. The number of halogens is 1. The van der Waals surface area contributed by atoms with Crippen LogP contribution in [0.3, 0.4) is 0 Å². The maximum absolute atomic E-state index is 12.8. The highest BCUT2D eigenvalue weighted by Crippen LogP contribution is 2.28. The summed E-state index contributed by atoms with van der Waals surface area (Å²) >= 11 is 6.26. The Morgan fingerprint density at radius 1 is 0.941 bits per heavy atom. The van der Waals surface area contributed by atoms with E-state index in [9.17, 15) is 13.2 Å². The number of sulfonamides is 1. The van der Waals surface area contributed by atoms with Gasteiger partial charge >= 0.3 is 0 Å². The van der Waals surface area contributed by atoms with Crippen molar-refractivity contribution in [2.45, 2.75) is 17.9 Å². The van der Waals surface area contributed by atoms with Crippen LogP contribution in [-0.4, -0.2) is 20.9 Å². The molecule has 1 amide bonds. The lowest BCUT2D eigenvalue weighted by Crippen LogP contribution is -2.27. The maximum atomic E-state index is 12.8. The topological polar surface area (TPSA) is 84.5 Å². The fourth-order valence-corrected chi connectivity index (χ4v) is 5.10. The normalized spacial score (nSPS) is 12.3. The zero-order valence-electron chi connectivity index (χ0n) is 18.4. The standard InChI is InChI=1S/C26H23ClN2O4S/c1-18(19-8-3-2-4-9-19)29-34(31,32)21-14-15-25(23(27)16-21)33-17-26(30)28-24-13-7-11-20-10-5-6-12-22(20)24/h2-16,18,29H,17H2,1H3,(H,28,30)/t18-/m1/s1. The molecule has 34 heavy (non-hydrogen) atoms. The number of carbonyl (C=O) groups excluding carboxylic acids is 1. The first-order valence-corrected chi connectivity index (χ1v) is 12.5. The molecule has 4 aromatic carbocycles. The molecule has 0 aliphatic rings. The lowest BCUT2D eigenvalue weighted by molar-refractivity contribution is -0.118. The van der Waals surface area contributed by atoms with Crippen LogP contribution < -0.4 is 14.8 Å². The van der Waals surface area contributed by atoms with E-state index in [2.05, 4.69) is 10.0 Å². The first-order chi connectivity index (χ1) is 16.3. The number of anilines is 1. The van der Waals surface area contributed by atoms with Crippen LogP contribution in [0.15, 0.2) is 95.9 Å². The summed E-state index contributed by atoms with van der Waals surface area (Å²) in [6, 6.07) is 26.3. The zero-order chi connectivity index (χ0) is 24.1. The van der Waals surface area contributed by atoms with Gasteiger partial charge in [-0.25, -0.2) is 13.1 Å². The smallest absolute Gasteiger partial charge is 0.262 e. The van der Waals surface area contributed by atoms with Gasteiger partial charge in [-0.1, -0.05) is 78.3 Å². The van der Waals surface area contributed by atoms with Crippen molar-refractivity contribution < 1.29 is 17.9 Å². The highest BCUT2D eigenvalue weighted by Gasteiger charge is 2.20. The first kappa shape index (κ1) is 23.8. The summed E-state index contributed by atoms with van der Waals surface area (Å²) in [4.78, 5) is 12.4. The van der Waals surface area contributed by atoms with Crippen LogP contribution in [0.25, 0.3) is 10.8 Å². The van der Waals surface area contributed by atoms with Crippen molar-refractivity contribution in [3.8, 4) is 5.75 Å². The first-order valence-electron chi connectivity index (χ1n) is 10.6. The van der Waals surface area contributed by atoms with Crippen molar-refractivity contribution in [3.63, 3.8) is 0 Å². The van der Waals surface area contributed by atoms with Gasteiger partial charge in [0, 0.05) is 17.1 Å². The van der Waals surface area contributed by atoms with Gasteiger partial charge < -0.3 is 10.1 Å². The van der Waals surface area contributed by atoms with E-state index in [-0.39, 0.29) is 28.2 Å². The van der Waals surface area contributed by atoms with Crippen LogP contribution in [0, 0.1) is 0 Å². The molecule has 0 aliphatic carbocycles. The SMILES string of the molecule is C[C@@H](NS(=O)(=O)c1ccc(OCC(=O)Nc2cccc3ccccc23)c(Cl)c1)c1ccccc1. The number of nitrogens with one attached hydrogen (secondary N) is 2. The molecule has 174 valence electrons. The highest BCUT2D eigenvalue weighted by atomic mass is 35.5. The number of hydrogen-bond acceptors (Lipinski definition) is 4. The third kappa shape index (κ3) is 5.56. The minimum atomic E-state index is -3.81. The molecule has 0 fully saturated rings. The molecule has 0 spiro atoms. The van der Waals surface area contributed by atoms with Gasteiger partial charge in [0.15, 0.2) is 6.61 Å². The Morgan fingerprint density at radius 2 is 1.65 bits per heavy atom. The van der Waals surface area contributed by atoms with Crippen LogP contribution in [0.4, 0.5) is 5.69 Å². The number of benzene rings is 4. The number of fused-ring (bicyclic) bond motifs is 1. The van der Waals surface area contributed by atoms with Crippen molar-refractivity contribution >= 4 is 44.0 Å². The molecule has 0 saturated carbocycles. The zero-order valence-corrected chi connectivity index (χ0v) is 19.9. The quantitative estimate of drug-likeness (QED) is 0.336. The molecule has 0 aromatic heterocycles. The minimum absolute atomic E-state index is 0.00726. The summed E-state index contributed by atoms with van der Waals surface area (Å²) in [6.07, 6.45) is 0. The van der Waals surface area contributed by atoms with E-state index in [0.717, 1.165) is 16.3 Å². The Bertz CT molecular complexity index is 1420. The van der Waals surface area contributed by atoms with E-state index in [0.29, 0.717) is 5.69 Å². The molecule has 0 saturated heterocycles. The van der Waals surface area contributed by atoms with E-state index in [1.54, 1.807) is 6.92 Å². The summed E-state index contributed by atoms with van der Waals surface area (Å²) < 4.78 is 33.7. The van der Waals surface area contributed by atoms with E-state index in [1.165, 1.54) is 18.2 Å². The highest BCUT2D eigenvalue weighted by molar-refractivity contribution is 7.89. The molecule has 4 aromatic rings. The summed E-state index contributed by atoms with van der Waals surface area (Å²) in [5.41, 5.74) is 1.52. The molecular weight excluding hydrogens is 472 g/mol. The van der Waals surface area contributed by atoms with Gasteiger partial charge in [0.05, 0.1) is 9.92 Å². The van der Waals surface area contributed by atoms with Gasteiger partial charge in [0.2, 0.25) is 10.0 Å². The third-order valence-electron chi connectivity index (χ3n) is 5.27. The molecule has 0 heterocycles. The molecule has 4 rings (SSSR count). The van der Waals surface area contributed by atoms with Crippen LogP contribution in [-0.2, 0) is 14.8 Å². The summed E-state index contributed by atoms with van der Waals surface area (Å²) in [5.74, 6) is -0.146. The van der Waals surface area contributed by atoms with Crippen LogP contribution in [0.1, 0.15) is 18.5 Å². The van der Waals surface area contributed by atoms with Crippen LogP contribution in [0.2, 0.25) is 5.02 Å².